The van der Waals surface area contributed by atoms with Crippen molar-refractivity contribution >= 4 is 16.0 Å². The third-order valence-electron chi connectivity index (χ3n) is 6.76. The van der Waals surface area contributed by atoms with Gasteiger partial charge in [0.25, 0.3) is 0 Å². The number of aryl methyl sites for hydroxylation is 1. The molecule has 4 rings (SSSR count). The first-order valence-electron chi connectivity index (χ1n) is 11.7. The fourth-order valence-electron chi connectivity index (χ4n) is 4.56. The molecule has 174 valence electrons. The fraction of sp³-hybridized carbons (Fsp3) is 0.583. The number of aromatic nitrogens is 2. The van der Waals surface area contributed by atoms with Gasteiger partial charge < -0.3 is 9.64 Å². The number of piperidine rings is 2. The van der Waals surface area contributed by atoms with Gasteiger partial charge in [0.05, 0.1) is 12.9 Å². The van der Waals surface area contributed by atoms with Crippen LogP contribution in [0.15, 0.2) is 36.7 Å². The smallest absolute Gasteiger partial charge is 0.225 e. The minimum atomic E-state index is -3.08. The molecule has 0 saturated carbocycles. The number of ether oxygens (including phenoxy) is 1. The van der Waals surface area contributed by atoms with E-state index in [2.05, 4.69) is 46.1 Å². The predicted molar refractivity (Wildman–Crippen MR) is 127 cm³/mol. The molecule has 3 heterocycles. The molecule has 8 heteroatoms. The van der Waals surface area contributed by atoms with Crippen molar-refractivity contribution in [1.29, 1.82) is 0 Å². The molecule has 2 saturated heterocycles. The second-order valence-electron chi connectivity index (χ2n) is 8.99. The highest BCUT2D eigenvalue weighted by Gasteiger charge is 2.26. The van der Waals surface area contributed by atoms with E-state index in [1.165, 1.54) is 17.4 Å². The zero-order chi connectivity index (χ0) is 22.6. The van der Waals surface area contributed by atoms with Crippen LogP contribution in [0, 0.1) is 5.92 Å². The number of hydrogen-bond donors (Lipinski definition) is 0. The van der Waals surface area contributed by atoms with Crippen molar-refractivity contribution in [1.82, 2.24) is 14.3 Å². The summed E-state index contributed by atoms with van der Waals surface area (Å²) in [6.07, 6.45) is 10.0. The van der Waals surface area contributed by atoms with E-state index in [9.17, 15) is 8.42 Å². The Bertz CT molecular complexity index is 963. The number of sulfonamides is 1. The van der Waals surface area contributed by atoms with Crippen molar-refractivity contribution in [3.63, 3.8) is 0 Å². The second kappa shape index (κ2) is 10.2. The highest BCUT2D eigenvalue weighted by molar-refractivity contribution is 7.88. The molecule has 0 N–H and O–H groups in total. The van der Waals surface area contributed by atoms with E-state index in [0.29, 0.717) is 24.9 Å². The first-order valence-corrected chi connectivity index (χ1v) is 13.5. The molecule has 32 heavy (non-hydrogen) atoms. The SMILES string of the molecule is CCc1cnc(N2CCC(COc3ccc(C4CCN(S(C)(=O)=O)CC4)cc3)CC2)nc1. The van der Waals surface area contributed by atoms with E-state index in [-0.39, 0.29) is 0 Å². The molecule has 0 atom stereocenters. The summed E-state index contributed by atoms with van der Waals surface area (Å²) in [5, 5.41) is 0. The molecule has 2 aromatic rings. The second-order valence-corrected chi connectivity index (χ2v) is 11.0. The zero-order valence-corrected chi connectivity index (χ0v) is 19.9. The van der Waals surface area contributed by atoms with Gasteiger partial charge in [-0.15, -0.1) is 0 Å². The van der Waals surface area contributed by atoms with Crippen LogP contribution in [0.1, 0.15) is 49.7 Å². The number of benzene rings is 1. The maximum Gasteiger partial charge on any atom is 0.225 e. The lowest BCUT2D eigenvalue weighted by atomic mass is 9.90. The molecule has 0 radical (unpaired) electrons. The zero-order valence-electron chi connectivity index (χ0n) is 19.1. The molecule has 0 spiro atoms. The summed E-state index contributed by atoms with van der Waals surface area (Å²) in [6.45, 7) is 5.98. The van der Waals surface area contributed by atoms with Gasteiger partial charge in [0.1, 0.15) is 5.75 Å². The lowest BCUT2D eigenvalue weighted by molar-refractivity contribution is 0.222. The first kappa shape index (κ1) is 23.0. The summed E-state index contributed by atoms with van der Waals surface area (Å²) in [7, 11) is -3.08. The van der Waals surface area contributed by atoms with Gasteiger partial charge in [0, 0.05) is 38.6 Å². The molecule has 2 aliphatic heterocycles. The van der Waals surface area contributed by atoms with E-state index >= 15 is 0 Å². The molecule has 1 aromatic heterocycles. The quantitative estimate of drug-likeness (QED) is 0.632. The molecule has 0 aliphatic carbocycles. The predicted octanol–water partition coefficient (Wildman–Crippen LogP) is 3.47. The Morgan fingerprint density at radius 3 is 2.16 bits per heavy atom. The van der Waals surface area contributed by atoms with Crippen LogP contribution in [0.25, 0.3) is 0 Å². The summed E-state index contributed by atoms with van der Waals surface area (Å²) < 4.78 is 31.0. The molecule has 0 unspecified atom stereocenters. The highest BCUT2D eigenvalue weighted by atomic mass is 32.2. The number of hydrogen-bond acceptors (Lipinski definition) is 6. The molecule has 0 bridgehead atoms. The Hall–Kier alpha value is -2.19. The van der Waals surface area contributed by atoms with Crippen LogP contribution in [-0.2, 0) is 16.4 Å². The van der Waals surface area contributed by atoms with Crippen LogP contribution in [0.4, 0.5) is 5.95 Å². The molecule has 7 nitrogen and oxygen atoms in total. The van der Waals surface area contributed by atoms with Gasteiger partial charge in [-0.05, 0) is 67.2 Å². The maximum atomic E-state index is 11.7. The molecular weight excluding hydrogens is 424 g/mol. The van der Waals surface area contributed by atoms with E-state index < -0.39 is 10.0 Å². The first-order chi connectivity index (χ1) is 15.4. The number of nitrogens with zero attached hydrogens (tertiary/aromatic N) is 4. The van der Waals surface area contributed by atoms with Gasteiger partial charge in [0.15, 0.2) is 0 Å². The van der Waals surface area contributed by atoms with E-state index in [1.807, 2.05) is 12.4 Å². The third-order valence-corrected chi connectivity index (χ3v) is 8.06. The van der Waals surface area contributed by atoms with Crippen molar-refractivity contribution < 1.29 is 13.2 Å². The van der Waals surface area contributed by atoms with Crippen LogP contribution in [0.2, 0.25) is 0 Å². The van der Waals surface area contributed by atoms with E-state index in [1.54, 1.807) is 4.31 Å². The summed E-state index contributed by atoms with van der Waals surface area (Å²) in [4.78, 5) is 11.3. The normalized spacial score (nSPS) is 19.2. The lowest BCUT2D eigenvalue weighted by Crippen LogP contribution is -2.37. The Labute approximate surface area is 191 Å². The average Bonchev–Trinajstić information content (AvgIpc) is 2.83. The van der Waals surface area contributed by atoms with Crippen LogP contribution in [0.5, 0.6) is 5.75 Å². The van der Waals surface area contributed by atoms with E-state index in [4.69, 9.17) is 4.74 Å². The topological polar surface area (TPSA) is 75.6 Å². The van der Waals surface area contributed by atoms with Crippen molar-refractivity contribution in [2.24, 2.45) is 5.92 Å². The third kappa shape index (κ3) is 5.78. The highest BCUT2D eigenvalue weighted by Crippen LogP contribution is 2.30. The fourth-order valence-corrected chi connectivity index (χ4v) is 5.44. The minimum absolute atomic E-state index is 0.417. The number of anilines is 1. The van der Waals surface area contributed by atoms with Gasteiger partial charge in [-0.1, -0.05) is 19.1 Å². The Morgan fingerprint density at radius 2 is 1.59 bits per heavy atom. The van der Waals surface area contributed by atoms with Crippen LogP contribution in [0.3, 0.4) is 0 Å². The lowest BCUT2D eigenvalue weighted by Gasteiger charge is -2.32. The van der Waals surface area contributed by atoms with Crippen molar-refractivity contribution in [3.05, 3.63) is 47.8 Å². The number of rotatable bonds is 7. The monoisotopic (exact) mass is 458 g/mol. The summed E-state index contributed by atoms with van der Waals surface area (Å²) >= 11 is 0. The molecule has 2 fully saturated rings. The summed E-state index contributed by atoms with van der Waals surface area (Å²) in [5.41, 5.74) is 2.44. The molecule has 0 amide bonds. The Morgan fingerprint density at radius 1 is 0.969 bits per heavy atom. The van der Waals surface area contributed by atoms with Crippen molar-refractivity contribution in [2.75, 3.05) is 43.9 Å². The minimum Gasteiger partial charge on any atom is -0.493 e. The van der Waals surface area contributed by atoms with Gasteiger partial charge in [-0.2, -0.15) is 0 Å². The van der Waals surface area contributed by atoms with Crippen molar-refractivity contribution in [3.8, 4) is 5.75 Å². The molecule has 2 aliphatic rings. The van der Waals surface area contributed by atoms with Crippen molar-refractivity contribution in [2.45, 2.75) is 44.9 Å². The Balaban J connectivity index is 1.21. The molecular formula is C24H34N4O3S. The van der Waals surface area contributed by atoms with Crippen LogP contribution < -0.4 is 9.64 Å². The van der Waals surface area contributed by atoms with Gasteiger partial charge >= 0.3 is 0 Å². The van der Waals surface area contributed by atoms with Gasteiger partial charge in [0.2, 0.25) is 16.0 Å². The summed E-state index contributed by atoms with van der Waals surface area (Å²) in [5.74, 6) is 2.70. The van der Waals surface area contributed by atoms with Crippen LogP contribution >= 0.6 is 0 Å². The maximum absolute atomic E-state index is 11.7. The van der Waals surface area contributed by atoms with Gasteiger partial charge in [-0.3, -0.25) is 0 Å². The van der Waals surface area contributed by atoms with E-state index in [0.717, 1.165) is 63.5 Å². The summed E-state index contributed by atoms with van der Waals surface area (Å²) in [6, 6.07) is 8.37. The molecule has 1 aromatic carbocycles. The largest absolute Gasteiger partial charge is 0.493 e. The standard InChI is InChI=1S/C24H34N4O3S/c1-3-19-16-25-24(26-17-19)27-12-8-20(9-13-27)18-31-23-6-4-21(5-7-23)22-10-14-28(15-11-22)32(2,29)30/h4-7,16-17,20,22H,3,8-15,18H2,1-2H3. The average molecular weight is 459 g/mol. The van der Waals surface area contributed by atoms with Crippen LogP contribution in [-0.4, -0.2) is 61.7 Å². The van der Waals surface area contributed by atoms with Gasteiger partial charge in [-0.25, -0.2) is 22.7 Å². The Kier molecular flexibility index (Phi) is 7.30.